The van der Waals surface area contributed by atoms with Crippen LogP contribution in [0.15, 0.2) is 24.3 Å². The Morgan fingerprint density at radius 1 is 1.07 bits per heavy atom. The molecule has 5 heteroatoms. The monoisotopic (exact) mass is 375 g/mol. The Kier molecular flexibility index (Phi) is 4.11. The van der Waals surface area contributed by atoms with Crippen molar-refractivity contribution in [3.63, 3.8) is 0 Å². The molecule has 144 valence electrons. The van der Waals surface area contributed by atoms with E-state index in [0.717, 1.165) is 54.7 Å². The molecule has 2 aliphatic carbocycles. The fourth-order valence-electron chi connectivity index (χ4n) is 4.84. The second kappa shape index (κ2) is 6.66. The van der Waals surface area contributed by atoms with Gasteiger partial charge in [-0.2, -0.15) is 0 Å². The number of benzene rings is 1. The number of ketones is 1. The number of ether oxygens (including phenoxy) is 1. The molecule has 0 aliphatic heterocycles. The smallest absolute Gasteiger partial charge is 0.166 e. The van der Waals surface area contributed by atoms with Crippen LogP contribution in [-0.2, 0) is 25.8 Å². The van der Waals surface area contributed by atoms with Crippen LogP contribution in [0.25, 0.3) is 11.0 Å². The Bertz CT molecular complexity index is 1080. The van der Waals surface area contributed by atoms with Gasteiger partial charge in [0.1, 0.15) is 11.4 Å². The third kappa shape index (κ3) is 2.60. The number of methoxy groups -OCH3 is 1. The maximum Gasteiger partial charge on any atom is 0.166 e. The molecule has 2 aliphatic rings. The Morgan fingerprint density at radius 3 is 2.64 bits per heavy atom. The van der Waals surface area contributed by atoms with Crippen LogP contribution >= 0.6 is 0 Å². The Morgan fingerprint density at radius 2 is 1.86 bits per heavy atom. The average Bonchev–Trinajstić information content (AvgIpc) is 3.02. The lowest BCUT2D eigenvalue weighted by molar-refractivity contribution is 0.0972. The van der Waals surface area contributed by atoms with E-state index < -0.39 is 0 Å². The number of aryl methyl sites for hydroxylation is 2. The van der Waals surface area contributed by atoms with Gasteiger partial charge in [-0.15, -0.1) is 0 Å². The van der Waals surface area contributed by atoms with Crippen molar-refractivity contribution < 1.29 is 9.53 Å². The van der Waals surface area contributed by atoms with Gasteiger partial charge in [-0.3, -0.25) is 4.79 Å². The number of hydrogen-bond donors (Lipinski definition) is 1. The van der Waals surface area contributed by atoms with E-state index in [1.54, 1.807) is 7.11 Å². The number of aromatic nitrogens is 2. The number of nitrogens with zero attached hydrogens (tertiary/aromatic N) is 2. The van der Waals surface area contributed by atoms with Crippen molar-refractivity contribution in [1.29, 1.82) is 0 Å². The van der Waals surface area contributed by atoms with E-state index in [-0.39, 0.29) is 5.78 Å². The molecular weight excluding hydrogens is 350 g/mol. The van der Waals surface area contributed by atoms with E-state index in [1.807, 2.05) is 12.1 Å². The molecule has 0 amide bonds. The fourth-order valence-corrected chi connectivity index (χ4v) is 4.84. The average molecular weight is 375 g/mol. The summed E-state index contributed by atoms with van der Waals surface area (Å²) in [5.74, 6) is 1.01. The third-order valence-corrected chi connectivity index (χ3v) is 6.21. The molecule has 0 bridgehead atoms. The van der Waals surface area contributed by atoms with Gasteiger partial charge >= 0.3 is 0 Å². The number of nitrogen functional groups attached to an aromatic ring is 1. The number of Topliss-reactive ketones (excluding diaryl/α,β-unsaturated/α-hetero) is 1. The van der Waals surface area contributed by atoms with Crippen molar-refractivity contribution in [3.8, 4) is 5.75 Å². The summed E-state index contributed by atoms with van der Waals surface area (Å²) < 4.78 is 7.62. The number of rotatable bonds is 3. The lowest BCUT2D eigenvalue weighted by Gasteiger charge is -2.17. The van der Waals surface area contributed by atoms with Gasteiger partial charge in [-0.05, 0) is 61.8 Å². The Balaban J connectivity index is 1.71. The molecule has 0 atom stereocenters. The second-order valence-electron chi connectivity index (χ2n) is 7.89. The summed E-state index contributed by atoms with van der Waals surface area (Å²) in [5.41, 5.74) is 13.6. The number of pyridine rings is 1. The zero-order chi connectivity index (χ0) is 19.3. The summed E-state index contributed by atoms with van der Waals surface area (Å²) in [7, 11) is 1.68. The van der Waals surface area contributed by atoms with E-state index in [0.29, 0.717) is 17.7 Å². The lowest BCUT2D eigenvalue weighted by Crippen LogP contribution is -2.16. The molecule has 0 fully saturated rings. The summed E-state index contributed by atoms with van der Waals surface area (Å²) in [6.07, 6.45) is 6.69. The minimum Gasteiger partial charge on any atom is -0.497 e. The summed E-state index contributed by atoms with van der Waals surface area (Å²) >= 11 is 0. The minimum absolute atomic E-state index is 0.153. The second-order valence-corrected chi connectivity index (χ2v) is 7.89. The van der Waals surface area contributed by atoms with E-state index in [4.69, 9.17) is 15.5 Å². The van der Waals surface area contributed by atoms with Gasteiger partial charge in [0.25, 0.3) is 0 Å². The lowest BCUT2D eigenvalue weighted by atomic mass is 9.90. The first-order valence-corrected chi connectivity index (χ1v) is 10.2. The molecule has 3 aromatic rings. The standard InChI is InChI=1S/C23H25N3O2/c1-28-15-11-9-14(10-12-15)13-26-18-7-3-2-5-16(18)20-22(24)21-17(25-23(20)26)6-4-8-19(21)27/h9-12H,2-8,13H2,1H3,(H2,24,25). The predicted molar refractivity (Wildman–Crippen MR) is 110 cm³/mol. The molecule has 28 heavy (non-hydrogen) atoms. The van der Waals surface area contributed by atoms with Crippen molar-refractivity contribution in [1.82, 2.24) is 9.55 Å². The number of carbonyl (C=O) groups is 1. The molecule has 0 saturated heterocycles. The highest BCUT2D eigenvalue weighted by atomic mass is 16.5. The molecule has 0 radical (unpaired) electrons. The zero-order valence-corrected chi connectivity index (χ0v) is 16.3. The highest BCUT2D eigenvalue weighted by Gasteiger charge is 2.29. The first-order valence-electron chi connectivity index (χ1n) is 10.2. The van der Waals surface area contributed by atoms with Gasteiger partial charge in [0.2, 0.25) is 0 Å². The molecular formula is C23H25N3O2. The molecule has 2 heterocycles. The SMILES string of the molecule is COc1ccc(Cn2c3c(c4c(N)c5c(nc42)CCCC5=O)CCCC3)cc1. The van der Waals surface area contributed by atoms with Crippen LogP contribution in [0.1, 0.15) is 58.6 Å². The van der Waals surface area contributed by atoms with E-state index in [2.05, 4.69) is 16.7 Å². The Labute approximate surface area is 164 Å². The maximum absolute atomic E-state index is 12.5. The largest absolute Gasteiger partial charge is 0.497 e. The summed E-state index contributed by atoms with van der Waals surface area (Å²) in [5, 5.41) is 1.03. The first-order chi connectivity index (χ1) is 13.7. The number of fused-ring (bicyclic) bond motifs is 4. The molecule has 2 aromatic heterocycles. The molecule has 0 spiro atoms. The molecule has 2 N–H and O–H groups in total. The summed E-state index contributed by atoms with van der Waals surface area (Å²) in [4.78, 5) is 17.5. The van der Waals surface area contributed by atoms with Crippen LogP contribution in [0, 0.1) is 0 Å². The normalized spacial score (nSPS) is 16.1. The van der Waals surface area contributed by atoms with Crippen molar-refractivity contribution in [2.24, 2.45) is 0 Å². The van der Waals surface area contributed by atoms with Crippen LogP contribution < -0.4 is 10.5 Å². The van der Waals surface area contributed by atoms with Gasteiger partial charge in [0.15, 0.2) is 5.78 Å². The highest BCUT2D eigenvalue weighted by molar-refractivity contribution is 6.10. The van der Waals surface area contributed by atoms with E-state index >= 15 is 0 Å². The highest BCUT2D eigenvalue weighted by Crippen LogP contribution is 2.39. The number of carbonyl (C=O) groups excluding carboxylic acids is 1. The number of anilines is 1. The first kappa shape index (κ1) is 17.3. The third-order valence-electron chi connectivity index (χ3n) is 6.21. The van der Waals surface area contributed by atoms with Crippen LogP contribution in [0.3, 0.4) is 0 Å². The van der Waals surface area contributed by atoms with E-state index in [9.17, 15) is 4.79 Å². The van der Waals surface area contributed by atoms with Crippen LogP contribution in [0.5, 0.6) is 5.75 Å². The molecule has 5 nitrogen and oxygen atoms in total. The van der Waals surface area contributed by atoms with Crippen molar-refractivity contribution in [3.05, 3.63) is 52.3 Å². The minimum atomic E-state index is 0.153. The summed E-state index contributed by atoms with van der Waals surface area (Å²) in [6.45, 7) is 0.759. The van der Waals surface area contributed by atoms with Crippen LogP contribution in [-0.4, -0.2) is 22.4 Å². The van der Waals surface area contributed by atoms with Crippen molar-refractivity contribution >= 4 is 22.5 Å². The molecule has 5 rings (SSSR count). The van der Waals surface area contributed by atoms with Gasteiger partial charge in [-0.25, -0.2) is 4.98 Å². The van der Waals surface area contributed by atoms with Crippen molar-refractivity contribution in [2.45, 2.75) is 51.5 Å². The van der Waals surface area contributed by atoms with Crippen molar-refractivity contribution in [2.75, 3.05) is 12.8 Å². The zero-order valence-electron chi connectivity index (χ0n) is 16.3. The topological polar surface area (TPSA) is 70.1 Å². The van der Waals surface area contributed by atoms with Gasteiger partial charge in [-0.1, -0.05) is 12.1 Å². The molecule has 1 aromatic carbocycles. The van der Waals surface area contributed by atoms with Crippen LogP contribution in [0.2, 0.25) is 0 Å². The van der Waals surface area contributed by atoms with Crippen LogP contribution in [0.4, 0.5) is 5.69 Å². The predicted octanol–water partition coefficient (Wildman–Crippen LogP) is 4.07. The Hall–Kier alpha value is -2.82. The maximum atomic E-state index is 12.5. The number of nitrogens with two attached hydrogens (primary N) is 1. The van der Waals surface area contributed by atoms with Gasteiger partial charge < -0.3 is 15.0 Å². The fraction of sp³-hybridized carbons (Fsp3) is 0.391. The van der Waals surface area contributed by atoms with E-state index in [1.165, 1.54) is 29.7 Å². The number of hydrogen-bond acceptors (Lipinski definition) is 4. The molecule has 0 unspecified atom stereocenters. The van der Waals surface area contributed by atoms with Gasteiger partial charge in [0.05, 0.1) is 24.1 Å². The summed E-state index contributed by atoms with van der Waals surface area (Å²) in [6, 6.07) is 8.20. The quantitative estimate of drug-likeness (QED) is 0.749. The molecule has 0 saturated carbocycles. The van der Waals surface area contributed by atoms with Gasteiger partial charge in [0, 0.05) is 24.0 Å².